The molecule has 0 atom stereocenters. The third-order valence-electron chi connectivity index (χ3n) is 2.46. The van der Waals surface area contributed by atoms with Gasteiger partial charge in [0.15, 0.2) is 0 Å². The average Bonchev–Trinajstić information content (AvgIpc) is 2.35. The van der Waals surface area contributed by atoms with Crippen molar-refractivity contribution in [2.75, 3.05) is 0 Å². The summed E-state index contributed by atoms with van der Waals surface area (Å²) in [6.45, 7) is 4.56. The van der Waals surface area contributed by atoms with Crippen LogP contribution in [0.5, 0.6) is 0 Å². The van der Waals surface area contributed by atoms with Gasteiger partial charge in [0.05, 0.1) is 0 Å². The third-order valence-corrected chi connectivity index (χ3v) is 2.46. The van der Waals surface area contributed by atoms with Crippen molar-refractivity contribution in [3.8, 4) is 0 Å². The van der Waals surface area contributed by atoms with Crippen LogP contribution in [0.2, 0.25) is 0 Å². The number of carbonyl (C=O) groups excluding carboxylic acids is 2. The maximum absolute atomic E-state index is 8.35. The first-order valence-corrected chi connectivity index (χ1v) is 6.82. The van der Waals surface area contributed by atoms with Crippen LogP contribution in [0, 0.1) is 10.8 Å². The number of hydrogen-bond donors (Lipinski definition) is 2. The summed E-state index contributed by atoms with van der Waals surface area (Å²) in [6.07, 6.45) is 15.9. The van der Waals surface area contributed by atoms with E-state index in [0.29, 0.717) is 0 Å². The molecule has 4 heteroatoms. The van der Waals surface area contributed by atoms with Crippen LogP contribution in [0.4, 0.5) is 0 Å². The summed E-state index contributed by atoms with van der Waals surface area (Å²) in [6, 6.07) is 0. The SMILES string of the molecule is C.CCCCCCCCCCCC.N=C=O.N=C=O. The summed E-state index contributed by atoms with van der Waals surface area (Å²) in [5.41, 5.74) is 0. The highest BCUT2D eigenvalue weighted by atomic mass is 16.1. The third kappa shape index (κ3) is 60.6. The number of isocyanates is 2. The molecular formula is C15H32N2O2. The molecule has 0 aliphatic carbocycles. The molecule has 0 fully saturated rings. The van der Waals surface area contributed by atoms with E-state index < -0.39 is 0 Å². The highest BCUT2D eigenvalue weighted by molar-refractivity contribution is 5.26. The van der Waals surface area contributed by atoms with E-state index in [2.05, 4.69) is 13.8 Å². The molecule has 19 heavy (non-hydrogen) atoms. The molecule has 4 nitrogen and oxygen atoms in total. The Morgan fingerprint density at radius 1 is 0.632 bits per heavy atom. The van der Waals surface area contributed by atoms with Crippen molar-refractivity contribution in [2.24, 2.45) is 0 Å². The molecule has 114 valence electrons. The van der Waals surface area contributed by atoms with Crippen molar-refractivity contribution in [1.82, 2.24) is 0 Å². The molecule has 2 N–H and O–H groups in total. The Kier molecular flexibility index (Phi) is 49.9. The Morgan fingerprint density at radius 3 is 0.947 bits per heavy atom. The maximum Gasteiger partial charge on any atom is 0.231 e. The lowest BCUT2D eigenvalue weighted by molar-refractivity contribution is 0.562. The minimum Gasteiger partial charge on any atom is -0.222 e. The zero-order chi connectivity index (χ0) is 14.5. The van der Waals surface area contributed by atoms with Crippen LogP contribution in [0.15, 0.2) is 0 Å². The molecule has 0 saturated carbocycles. The molecule has 0 aromatic carbocycles. The van der Waals surface area contributed by atoms with Gasteiger partial charge in [-0.15, -0.1) is 0 Å². The van der Waals surface area contributed by atoms with Crippen LogP contribution in [-0.2, 0) is 9.59 Å². The molecular weight excluding hydrogens is 240 g/mol. The highest BCUT2D eigenvalue weighted by Gasteiger charge is 1.90. The Morgan fingerprint density at radius 2 is 0.789 bits per heavy atom. The van der Waals surface area contributed by atoms with Gasteiger partial charge in [0.25, 0.3) is 0 Å². The lowest BCUT2D eigenvalue weighted by Crippen LogP contribution is -1.80. The molecule has 0 bridgehead atoms. The van der Waals surface area contributed by atoms with Crippen LogP contribution in [0.3, 0.4) is 0 Å². The quantitative estimate of drug-likeness (QED) is 0.336. The maximum atomic E-state index is 8.35. The molecule has 0 aromatic rings. The first kappa shape index (κ1) is 26.3. The van der Waals surface area contributed by atoms with Crippen LogP contribution in [-0.4, -0.2) is 12.2 Å². The van der Waals surface area contributed by atoms with E-state index in [9.17, 15) is 0 Å². The van der Waals surface area contributed by atoms with Crippen LogP contribution in [0.1, 0.15) is 85.5 Å². The molecule has 0 aromatic heterocycles. The van der Waals surface area contributed by atoms with Gasteiger partial charge in [0.1, 0.15) is 0 Å². The van der Waals surface area contributed by atoms with Crippen LogP contribution >= 0.6 is 0 Å². The van der Waals surface area contributed by atoms with Gasteiger partial charge in [0.2, 0.25) is 12.2 Å². The molecule has 0 unspecified atom stereocenters. The van der Waals surface area contributed by atoms with Gasteiger partial charge >= 0.3 is 0 Å². The zero-order valence-electron chi connectivity index (χ0n) is 11.9. The summed E-state index contributed by atoms with van der Waals surface area (Å²) in [7, 11) is 0. The molecule has 0 aliphatic heterocycles. The van der Waals surface area contributed by atoms with E-state index in [0.717, 1.165) is 12.2 Å². The first-order valence-electron chi connectivity index (χ1n) is 6.82. The van der Waals surface area contributed by atoms with Gasteiger partial charge in [-0.25, -0.2) is 20.4 Å². The second-order valence-electron chi connectivity index (χ2n) is 4.03. The monoisotopic (exact) mass is 272 g/mol. The van der Waals surface area contributed by atoms with Gasteiger partial charge in [-0.2, -0.15) is 0 Å². The van der Waals surface area contributed by atoms with Crippen LogP contribution in [0.25, 0.3) is 0 Å². The first-order chi connectivity index (χ1) is 8.74. The van der Waals surface area contributed by atoms with E-state index in [-0.39, 0.29) is 7.43 Å². The van der Waals surface area contributed by atoms with Crippen molar-refractivity contribution in [2.45, 2.75) is 85.5 Å². The molecule has 0 saturated heterocycles. The predicted octanol–water partition coefficient (Wildman–Crippen LogP) is 5.37. The lowest BCUT2D eigenvalue weighted by Gasteiger charge is -1.99. The molecule has 0 aliphatic rings. The topological polar surface area (TPSA) is 81.8 Å². The zero-order valence-corrected chi connectivity index (χ0v) is 11.9. The second kappa shape index (κ2) is 36.0. The van der Waals surface area contributed by atoms with E-state index in [4.69, 9.17) is 20.4 Å². The normalized spacial score (nSPS) is 7.47. The molecule has 0 amide bonds. The summed E-state index contributed by atoms with van der Waals surface area (Å²) < 4.78 is 0. The molecule has 0 spiro atoms. The van der Waals surface area contributed by atoms with Crippen molar-refractivity contribution in [1.29, 1.82) is 10.8 Å². The largest absolute Gasteiger partial charge is 0.231 e. The Bertz CT molecular complexity index is 172. The number of unbranched alkanes of at least 4 members (excludes halogenated alkanes) is 9. The van der Waals surface area contributed by atoms with E-state index >= 15 is 0 Å². The predicted molar refractivity (Wildman–Crippen MR) is 81.1 cm³/mol. The highest BCUT2D eigenvalue weighted by Crippen LogP contribution is 2.09. The molecule has 0 radical (unpaired) electrons. The Balaban J connectivity index is -0.000000137. The minimum atomic E-state index is 0. The van der Waals surface area contributed by atoms with E-state index in [1.165, 1.54) is 64.2 Å². The summed E-state index contributed by atoms with van der Waals surface area (Å²) in [5.74, 6) is 0. The Labute approximate surface area is 119 Å². The van der Waals surface area contributed by atoms with Crippen molar-refractivity contribution >= 4 is 12.2 Å². The van der Waals surface area contributed by atoms with Gasteiger partial charge in [0, 0.05) is 0 Å². The van der Waals surface area contributed by atoms with Crippen LogP contribution < -0.4 is 0 Å². The van der Waals surface area contributed by atoms with E-state index in [1.807, 2.05) is 0 Å². The summed E-state index contributed by atoms with van der Waals surface area (Å²) >= 11 is 0. The fourth-order valence-electron chi connectivity index (χ4n) is 1.56. The van der Waals surface area contributed by atoms with Gasteiger partial charge in [-0.1, -0.05) is 85.5 Å². The van der Waals surface area contributed by atoms with Gasteiger partial charge < -0.3 is 0 Å². The van der Waals surface area contributed by atoms with Crippen molar-refractivity contribution in [3.05, 3.63) is 0 Å². The lowest BCUT2D eigenvalue weighted by atomic mass is 10.1. The second-order valence-corrected chi connectivity index (χ2v) is 4.03. The van der Waals surface area contributed by atoms with Gasteiger partial charge in [-0.05, 0) is 0 Å². The number of rotatable bonds is 9. The number of hydrogen-bond acceptors (Lipinski definition) is 4. The molecule has 0 heterocycles. The number of nitrogens with one attached hydrogen (secondary N) is 2. The smallest absolute Gasteiger partial charge is 0.222 e. The standard InChI is InChI=1S/C12H26.2CHNO.CH4/c1-3-5-7-9-11-12-10-8-6-4-2;2*2-1-3;/h3-12H2,1-2H3;2*2H;1H4. The van der Waals surface area contributed by atoms with Crippen molar-refractivity contribution in [3.63, 3.8) is 0 Å². The Hall–Kier alpha value is -1.24. The van der Waals surface area contributed by atoms with E-state index in [1.54, 1.807) is 0 Å². The molecule has 0 rings (SSSR count). The summed E-state index contributed by atoms with van der Waals surface area (Å²) in [5, 5.41) is 10.8. The van der Waals surface area contributed by atoms with Crippen molar-refractivity contribution < 1.29 is 9.59 Å². The fraction of sp³-hybridized carbons (Fsp3) is 0.867. The average molecular weight is 272 g/mol. The minimum absolute atomic E-state index is 0. The van der Waals surface area contributed by atoms with Gasteiger partial charge in [-0.3, -0.25) is 0 Å². The summed E-state index contributed by atoms with van der Waals surface area (Å²) in [4.78, 5) is 16.7. The fourth-order valence-corrected chi connectivity index (χ4v) is 1.56.